The summed E-state index contributed by atoms with van der Waals surface area (Å²) in [7, 11) is 0. The largest absolute Gasteiger partial charge is 0.509 e. The van der Waals surface area contributed by atoms with E-state index < -0.39 is 46.0 Å². The van der Waals surface area contributed by atoms with Crippen molar-refractivity contribution in [3.05, 3.63) is 222 Å². The number of anilines is 4. The molecular weight excluding hydrogens is 1160 g/mol. The maximum atomic E-state index is 10.3. The van der Waals surface area contributed by atoms with Gasteiger partial charge in [-0.3, -0.25) is 0 Å². The number of para-hydroxylation sites is 4. The van der Waals surface area contributed by atoms with Crippen molar-refractivity contribution in [1.82, 2.24) is 9.55 Å². The van der Waals surface area contributed by atoms with E-state index in [1.54, 1.807) is 35.0 Å². The number of hydrogen-bond acceptors (Lipinski definition) is 4. The van der Waals surface area contributed by atoms with Gasteiger partial charge < -0.3 is 19.1 Å². The number of aromatic nitrogens is 2. The van der Waals surface area contributed by atoms with Gasteiger partial charge in [0.15, 0.2) is 0 Å². The van der Waals surface area contributed by atoms with E-state index in [-0.39, 0.29) is 103 Å². The van der Waals surface area contributed by atoms with Gasteiger partial charge in [-0.15, -0.1) is 48.1 Å². The molecule has 1 aliphatic heterocycles. The van der Waals surface area contributed by atoms with E-state index in [1.807, 2.05) is 157 Å². The van der Waals surface area contributed by atoms with Crippen molar-refractivity contribution in [2.75, 3.05) is 9.80 Å². The second-order valence-corrected chi connectivity index (χ2v) is 24.7. The first kappa shape index (κ1) is 41.8. The molecule has 10 aromatic rings. The number of nitrogens with zero attached hydrogens (tertiary/aromatic N) is 4. The Kier molecular flexibility index (Phi) is 10.8. The molecule has 0 spiro atoms. The zero-order valence-corrected chi connectivity index (χ0v) is 49.8. The molecule has 80 heavy (non-hydrogen) atoms. The minimum absolute atomic E-state index is 0. The van der Waals surface area contributed by atoms with Gasteiger partial charge in [0.2, 0.25) is 0 Å². The van der Waals surface area contributed by atoms with Crippen LogP contribution >= 0.6 is 0 Å². The average molecular weight is 1240 g/mol. The van der Waals surface area contributed by atoms with E-state index >= 15 is 0 Å². The Hall–Kier alpha value is -7.20. The van der Waals surface area contributed by atoms with Crippen LogP contribution in [0.3, 0.4) is 0 Å². The predicted molar refractivity (Wildman–Crippen MR) is 332 cm³/mol. The van der Waals surface area contributed by atoms with Crippen LogP contribution in [0, 0.1) is 24.7 Å². The predicted octanol–water partition coefficient (Wildman–Crippen LogP) is 20.1. The van der Waals surface area contributed by atoms with Gasteiger partial charge in [0.1, 0.15) is 5.82 Å². The first-order chi connectivity index (χ1) is 42.7. The zero-order valence-electron chi connectivity index (χ0n) is 59.6. The number of pyridine rings is 1. The molecule has 2 aromatic heterocycles. The second kappa shape index (κ2) is 20.7. The summed E-state index contributed by atoms with van der Waals surface area (Å²) in [4.78, 5) is 8.84. The van der Waals surface area contributed by atoms with Crippen LogP contribution < -0.4 is 14.5 Å². The van der Waals surface area contributed by atoms with Gasteiger partial charge in [0.25, 0.3) is 0 Å². The molecular formula is C74H73N4OPt-3. The summed E-state index contributed by atoms with van der Waals surface area (Å²) < 4.78 is 123. The molecule has 5 nitrogen and oxygen atoms in total. The fourth-order valence-electron chi connectivity index (χ4n) is 11.2. The molecule has 0 bridgehead atoms. The molecule has 1 aliphatic carbocycles. The van der Waals surface area contributed by atoms with Gasteiger partial charge in [0.05, 0.1) is 13.7 Å². The summed E-state index contributed by atoms with van der Waals surface area (Å²) in [6, 6.07) is 39.1. The maximum Gasteiger partial charge on any atom is 0.135 e. The van der Waals surface area contributed by atoms with Crippen LogP contribution in [0.2, 0.25) is 0 Å². The minimum Gasteiger partial charge on any atom is -0.509 e. The van der Waals surface area contributed by atoms with Crippen LogP contribution in [0.4, 0.5) is 22.7 Å². The first-order valence-corrected chi connectivity index (χ1v) is 27.4. The Morgan fingerprint density at radius 2 is 1.34 bits per heavy atom. The summed E-state index contributed by atoms with van der Waals surface area (Å²) in [6.07, 6.45) is 1.33. The maximum absolute atomic E-state index is 10.3. The first-order valence-electron chi connectivity index (χ1n) is 33.4. The average Bonchev–Trinajstić information content (AvgIpc) is 1.12. The van der Waals surface area contributed by atoms with Crippen molar-refractivity contribution in [1.29, 1.82) is 0 Å². The number of ether oxygens (including phenoxy) is 1. The van der Waals surface area contributed by atoms with Gasteiger partial charge in [-0.25, -0.2) is 4.98 Å². The van der Waals surface area contributed by atoms with Crippen molar-refractivity contribution < 1.29 is 42.3 Å². The molecule has 0 N–H and O–H groups in total. The Balaban J connectivity index is 0.00000867. The van der Waals surface area contributed by atoms with Crippen molar-refractivity contribution in [2.24, 2.45) is 5.92 Å². The van der Waals surface area contributed by atoms with E-state index in [4.69, 9.17) is 12.5 Å². The van der Waals surface area contributed by atoms with Gasteiger partial charge in [-0.1, -0.05) is 204 Å². The smallest absolute Gasteiger partial charge is 0.135 e. The van der Waals surface area contributed by atoms with E-state index in [0.717, 1.165) is 29.7 Å². The van der Waals surface area contributed by atoms with Crippen molar-refractivity contribution in [3.8, 4) is 50.7 Å². The van der Waals surface area contributed by atoms with Crippen LogP contribution in [0.1, 0.15) is 140 Å². The topological polar surface area (TPSA) is 33.5 Å². The fourth-order valence-corrected chi connectivity index (χ4v) is 11.2. The summed E-state index contributed by atoms with van der Waals surface area (Å²) in [5, 5.41) is 0.690. The molecule has 3 heterocycles. The third-order valence-corrected chi connectivity index (χ3v) is 15.5. The molecule has 6 heteroatoms. The quantitative estimate of drug-likeness (QED) is 0.128. The van der Waals surface area contributed by atoms with E-state index in [2.05, 4.69) is 39.8 Å². The van der Waals surface area contributed by atoms with Gasteiger partial charge in [-0.05, 0) is 121 Å². The molecule has 12 rings (SSSR count). The monoisotopic (exact) mass is 1240 g/mol. The fraction of sp³-hybridized carbons (Fsp3) is 0.270. The second-order valence-electron chi connectivity index (χ2n) is 24.7. The third kappa shape index (κ3) is 9.99. The summed E-state index contributed by atoms with van der Waals surface area (Å²) in [5.41, 5.74) is 6.46. The summed E-state index contributed by atoms with van der Waals surface area (Å²) in [6.45, 7) is 25.9. The number of hydrogen-bond donors (Lipinski definition) is 0. The normalized spacial score (nSPS) is 17.1. The minimum atomic E-state index is -1.85. The van der Waals surface area contributed by atoms with Gasteiger partial charge in [0, 0.05) is 80.8 Å². The molecule has 0 saturated heterocycles. The van der Waals surface area contributed by atoms with Gasteiger partial charge >= 0.3 is 0 Å². The molecule has 8 aromatic carbocycles. The van der Waals surface area contributed by atoms with Crippen LogP contribution in [0.25, 0.3) is 61.0 Å². The standard InChI is InChI=1S/C74H73N4O.Pt/c1-48(2)40-51-42-69(75-46-61(51)49-22-14-13-15-23-49)78-65-29-17-16-26-58(65)59-36-34-55(45-68(59)78)79-54-25-20-24-53(44-54)76-47-77(67-31-19-18-30-66(67)76)70-56(50-32-37-62-64(41-50)74(11,12)39-38-73(62,9)10)27-21-28-60(70)57-35-33-52(71(3,4)5)43-63(57)72(6,7)8;/h13-37,41-43,46-48H,38-40H2,1-12H3;/q-3;/i16D,17D,26D,29D,32D,33D,35D,37D,40D2,41D,43D;. The number of benzene rings is 8. The van der Waals surface area contributed by atoms with Gasteiger partial charge in [-0.2, -0.15) is 12.1 Å². The Labute approximate surface area is 506 Å². The SMILES string of the molecule is [2H]c1c([2H])c2c(c([2H])c1-c1cccc(-c3c([2H])c([2H])c(C(C)(C)C)c([2H])c3C(C)(C)C)c1N1[CH-]N(c3[c-]c(Oc4[c-]c5c(cc4)c4c([2H])c([2H])c([2H])c([2H])c4n5-c4cc(C([2H])([2H])C(C)C)c(-c5ccccc5)cn4)ccc3)c3ccccc31)C(C)(C)CCC2(C)C.[Pt]. The molecule has 2 aliphatic rings. The zero-order chi connectivity index (χ0) is 65.7. The van der Waals surface area contributed by atoms with Crippen molar-refractivity contribution >= 4 is 44.6 Å². The Morgan fingerprint density at radius 1 is 0.650 bits per heavy atom. The van der Waals surface area contributed by atoms with Crippen molar-refractivity contribution in [3.63, 3.8) is 0 Å². The van der Waals surface area contributed by atoms with E-state index in [0.29, 0.717) is 72.5 Å². The molecule has 0 fully saturated rings. The van der Waals surface area contributed by atoms with Crippen LogP contribution in [-0.4, -0.2) is 9.55 Å². The van der Waals surface area contributed by atoms with E-state index in [9.17, 15) is 13.7 Å². The number of fused-ring (bicyclic) bond motifs is 5. The third-order valence-electron chi connectivity index (χ3n) is 15.5. The molecule has 0 atom stereocenters. The molecule has 408 valence electrons. The Bertz CT molecular complexity index is 4660. The number of rotatable bonds is 10. The summed E-state index contributed by atoms with van der Waals surface area (Å²) in [5.74, 6) is 0.256. The molecule has 0 amide bonds. The molecule has 0 radical (unpaired) electrons. The van der Waals surface area contributed by atoms with Crippen LogP contribution in [-0.2, 0) is 49.1 Å². The summed E-state index contributed by atoms with van der Waals surface area (Å²) >= 11 is 0. The Morgan fingerprint density at radius 3 is 2.08 bits per heavy atom. The van der Waals surface area contributed by atoms with E-state index in [1.165, 1.54) is 0 Å². The molecule has 0 unspecified atom stereocenters. The molecule has 0 saturated carbocycles. The van der Waals surface area contributed by atoms with Crippen LogP contribution in [0.5, 0.6) is 11.5 Å². The van der Waals surface area contributed by atoms with Crippen LogP contribution in [0.15, 0.2) is 176 Å². The van der Waals surface area contributed by atoms with Crippen molar-refractivity contribution in [2.45, 2.75) is 124 Å².